The fourth-order valence-electron chi connectivity index (χ4n) is 3.54. The molecule has 0 aliphatic carbocycles. The largest absolute Gasteiger partial charge is 0.341 e. The fraction of sp³-hybridized carbons (Fsp3) is 0.533. The number of hydrogen-bond donors (Lipinski definition) is 2. The minimum atomic E-state index is -0.559. The molecule has 2 aromatic heterocycles. The average molecular weight is 419 g/mol. The normalized spacial score (nSPS) is 25.0. The van der Waals surface area contributed by atoms with Crippen molar-refractivity contribution < 1.29 is 9.59 Å². The summed E-state index contributed by atoms with van der Waals surface area (Å²) in [6, 6.07) is 2.82. The Morgan fingerprint density at radius 1 is 1.46 bits per heavy atom. The van der Waals surface area contributed by atoms with Crippen LogP contribution >= 0.6 is 23.1 Å². The highest BCUT2D eigenvalue weighted by atomic mass is 32.2. The predicted molar refractivity (Wildman–Crippen MR) is 102 cm³/mol. The number of H-pyrrole nitrogens is 1. The van der Waals surface area contributed by atoms with Gasteiger partial charge in [-0.3, -0.25) is 9.59 Å². The maximum absolute atomic E-state index is 12.7. The number of azide groups is 1. The number of rotatable bonds is 6. The van der Waals surface area contributed by atoms with Gasteiger partial charge in [0.2, 0.25) is 11.8 Å². The van der Waals surface area contributed by atoms with Gasteiger partial charge in [0.1, 0.15) is 17.5 Å². The van der Waals surface area contributed by atoms with Crippen LogP contribution in [0.4, 0.5) is 0 Å². The Kier molecular flexibility index (Phi) is 4.73. The summed E-state index contributed by atoms with van der Waals surface area (Å²) in [7, 11) is 0. The van der Waals surface area contributed by atoms with Crippen LogP contribution in [0.5, 0.6) is 0 Å². The van der Waals surface area contributed by atoms with Crippen molar-refractivity contribution in [2.24, 2.45) is 5.11 Å². The second-order valence-corrected chi connectivity index (χ2v) is 10.0. The minimum Gasteiger partial charge on any atom is -0.341 e. The van der Waals surface area contributed by atoms with E-state index in [1.807, 2.05) is 26.0 Å². The molecule has 0 aromatic carbocycles. The molecule has 4 rings (SSSR count). The average Bonchev–Trinajstić information content (AvgIpc) is 3.36. The van der Waals surface area contributed by atoms with E-state index in [4.69, 9.17) is 5.53 Å². The summed E-state index contributed by atoms with van der Waals surface area (Å²) in [5, 5.41) is 20.3. The zero-order valence-electron chi connectivity index (χ0n) is 15.1. The van der Waals surface area contributed by atoms with Crippen molar-refractivity contribution >= 4 is 34.9 Å². The first-order valence-electron chi connectivity index (χ1n) is 8.52. The van der Waals surface area contributed by atoms with Gasteiger partial charge >= 0.3 is 0 Å². The van der Waals surface area contributed by atoms with Crippen LogP contribution in [-0.4, -0.2) is 53.5 Å². The molecule has 0 bridgehead atoms. The molecule has 13 heteroatoms. The lowest BCUT2D eigenvalue weighted by molar-refractivity contribution is -0.151. The van der Waals surface area contributed by atoms with Crippen molar-refractivity contribution in [3.05, 3.63) is 38.2 Å². The number of nitrogens with one attached hydrogen (secondary N) is 2. The Morgan fingerprint density at radius 2 is 2.25 bits per heavy atom. The first-order valence-corrected chi connectivity index (χ1v) is 10.2. The molecular formula is C15H17N9O2S2. The smallest absolute Gasteiger partial charge is 0.249 e. The van der Waals surface area contributed by atoms with Crippen molar-refractivity contribution in [2.75, 3.05) is 0 Å². The highest BCUT2D eigenvalue weighted by Gasteiger charge is 2.63. The predicted octanol–water partition coefficient (Wildman–Crippen LogP) is 1.53. The number of carbonyl (C=O) groups is 2. The lowest BCUT2D eigenvalue weighted by atomic mass is 9.95. The lowest BCUT2D eigenvalue weighted by Gasteiger charge is -2.44. The van der Waals surface area contributed by atoms with Crippen molar-refractivity contribution in [3.63, 3.8) is 0 Å². The van der Waals surface area contributed by atoms with Crippen molar-refractivity contribution in [1.82, 2.24) is 30.8 Å². The molecule has 2 N–H and O–H groups in total. The zero-order valence-corrected chi connectivity index (χ0v) is 16.7. The summed E-state index contributed by atoms with van der Waals surface area (Å²) >= 11 is 3.04. The summed E-state index contributed by atoms with van der Waals surface area (Å²) in [6.45, 7) is 4.32. The second kappa shape index (κ2) is 7.08. The Hall–Kier alpha value is -2.63. The van der Waals surface area contributed by atoms with E-state index in [9.17, 15) is 9.59 Å². The van der Waals surface area contributed by atoms with Crippen LogP contribution in [0.1, 0.15) is 35.5 Å². The highest BCUT2D eigenvalue weighted by Crippen LogP contribution is 2.56. The monoisotopic (exact) mass is 419 g/mol. The fourth-order valence-corrected chi connectivity index (χ4v) is 6.10. The topological polar surface area (TPSA) is 153 Å². The van der Waals surface area contributed by atoms with E-state index >= 15 is 0 Å². The number of tetrazole rings is 1. The Labute approximate surface area is 167 Å². The third-order valence-electron chi connectivity index (χ3n) is 4.71. The van der Waals surface area contributed by atoms with Crippen molar-refractivity contribution in [2.45, 2.75) is 49.0 Å². The number of β-lactam (4-membered cyclic amide) rings is 1. The first kappa shape index (κ1) is 18.7. The van der Waals surface area contributed by atoms with Gasteiger partial charge in [-0.15, -0.1) is 33.3 Å². The molecule has 11 nitrogen and oxygen atoms in total. The molecular weight excluding hydrogens is 402 g/mol. The Morgan fingerprint density at radius 3 is 2.96 bits per heavy atom. The molecule has 2 saturated heterocycles. The highest BCUT2D eigenvalue weighted by molar-refractivity contribution is 8.01. The van der Waals surface area contributed by atoms with Crippen molar-refractivity contribution in [1.29, 1.82) is 0 Å². The maximum Gasteiger partial charge on any atom is 0.249 e. The summed E-state index contributed by atoms with van der Waals surface area (Å²) < 4.78 is -0.298. The SMILES string of the molecule is CC1(C)S[C@@H]2C(NC(=O)Cc3ccc(CN=[N+]=[N-])s3)C(=O)N2C1c1nn[nH]n1. The number of nitrogens with zero attached hydrogens (tertiary/aromatic N) is 7. The minimum absolute atomic E-state index is 0.138. The summed E-state index contributed by atoms with van der Waals surface area (Å²) in [5.41, 5.74) is 8.38. The van der Waals surface area contributed by atoms with Crippen LogP contribution in [0.3, 0.4) is 0 Å². The third-order valence-corrected chi connectivity index (χ3v) is 7.35. The van der Waals surface area contributed by atoms with Crippen LogP contribution in [-0.2, 0) is 22.6 Å². The Balaban J connectivity index is 1.40. The van der Waals surface area contributed by atoms with Crippen LogP contribution < -0.4 is 5.32 Å². The van der Waals surface area contributed by atoms with Gasteiger partial charge < -0.3 is 10.2 Å². The van der Waals surface area contributed by atoms with E-state index in [0.717, 1.165) is 9.75 Å². The van der Waals surface area contributed by atoms with Crippen molar-refractivity contribution in [3.8, 4) is 0 Å². The second-order valence-electron chi connectivity index (χ2n) is 7.01. The summed E-state index contributed by atoms with van der Waals surface area (Å²) in [6.07, 6.45) is 0.180. The number of thiophene rings is 1. The van der Waals surface area contributed by atoms with E-state index in [1.165, 1.54) is 11.3 Å². The molecule has 2 aliphatic rings. The van der Waals surface area contributed by atoms with E-state index in [1.54, 1.807) is 16.7 Å². The van der Waals surface area contributed by atoms with Gasteiger partial charge in [0, 0.05) is 19.4 Å². The molecule has 146 valence electrons. The number of thioether (sulfide) groups is 1. The molecule has 2 fully saturated rings. The first-order chi connectivity index (χ1) is 13.4. The Bertz CT molecular complexity index is 951. The van der Waals surface area contributed by atoms with Gasteiger partial charge in [0.05, 0.1) is 13.0 Å². The lowest BCUT2D eigenvalue weighted by Crippen LogP contribution is -2.68. The van der Waals surface area contributed by atoms with Gasteiger partial charge in [0.15, 0.2) is 5.82 Å². The van der Waals surface area contributed by atoms with E-state index in [2.05, 4.69) is 36.0 Å². The van der Waals surface area contributed by atoms with Gasteiger partial charge in [-0.2, -0.15) is 5.21 Å². The number of aromatic nitrogens is 4. The van der Waals surface area contributed by atoms with Crippen LogP contribution in [0, 0.1) is 0 Å². The van der Waals surface area contributed by atoms with Gasteiger partial charge in [0.25, 0.3) is 0 Å². The van der Waals surface area contributed by atoms with E-state index < -0.39 is 6.04 Å². The van der Waals surface area contributed by atoms with Gasteiger partial charge in [-0.25, -0.2) is 0 Å². The number of fused-ring (bicyclic) bond motifs is 1. The molecule has 0 radical (unpaired) electrons. The molecule has 2 unspecified atom stereocenters. The number of hydrogen-bond acceptors (Lipinski definition) is 8. The van der Waals surface area contributed by atoms with E-state index in [0.29, 0.717) is 5.82 Å². The van der Waals surface area contributed by atoms with Crippen LogP contribution in [0.2, 0.25) is 0 Å². The van der Waals surface area contributed by atoms with Crippen LogP contribution in [0.15, 0.2) is 17.2 Å². The number of carbonyl (C=O) groups excluding carboxylic acids is 2. The quantitative estimate of drug-likeness (QED) is 0.313. The molecule has 0 saturated carbocycles. The molecule has 2 aliphatic heterocycles. The molecule has 3 atom stereocenters. The molecule has 28 heavy (non-hydrogen) atoms. The number of amides is 2. The molecule has 2 aromatic rings. The van der Waals surface area contributed by atoms with Gasteiger partial charge in [-0.1, -0.05) is 10.3 Å². The standard InChI is InChI=1S/C15H17N9O2S2/c1-15(2)11(12-19-22-23-20-12)24-13(26)10(14(24)28-15)18-9(25)5-7-3-4-8(27-7)6-17-21-16/h3-4,10-11,14H,5-6H2,1-2H3,(H,18,25)(H,19,20,22,23)/t10?,11?,14-/m1/s1. The molecule has 0 spiro atoms. The summed E-state index contributed by atoms with van der Waals surface area (Å²) in [5.74, 6) is 0.127. The van der Waals surface area contributed by atoms with Crippen LogP contribution in [0.25, 0.3) is 10.4 Å². The number of aromatic amines is 1. The molecule has 2 amide bonds. The van der Waals surface area contributed by atoms with E-state index in [-0.39, 0.29) is 40.9 Å². The maximum atomic E-state index is 12.7. The zero-order chi connectivity index (χ0) is 19.9. The molecule has 4 heterocycles. The third kappa shape index (κ3) is 3.21. The van der Waals surface area contributed by atoms with Gasteiger partial charge in [-0.05, 0) is 31.5 Å². The summed E-state index contributed by atoms with van der Waals surface area (Å²) in [4.78, 5) is 31.4.